The maximum absolute atomic E-state index is 12.1. The summed E-state index contributed by atoms with van der Waals surface area (Å²) in [6, 6.07) is 4.77. The molecule has 0 radical (unpaired) electrons. The fourth-order valence-electron chi connectivity index (χ4n) is 2.10. The minimum absolute atomic E-state index is 0.177. The Balaban J connectivity index is 2.97. The van der Waals surface area contributed by atoms with Gasteiger partial charge in [0.2, 0.25) is 6.04 Å². The number of carbonyl (C=O) groups is 1. The smallest absolute Gasteiger partial charge is 0.335 e. The van der Waals surface area contributed by atoms with E-state index in [1.165, 1.54) is 0 Å². The molecule has 0 bridgehead atoms. The van der Waals surface area contributed by atoms with Crippen LogP contribution in [-0.4, -0.2) is 36.7 Å². The van der Waals surface area contributed by atoms with E-state index in [0.29, 0.717) is 24.3 Å². The van der Waals surface area contributed by atoms with E-state index in [2.05, 4.69) is 5.32 Å². The molecule has 0 heterocycles. The number of nitrogens with zero attached hydrogens (tertiary/aromatic N) is 1. The normalized spacial score (nSPS) is 13.0. The molecule has 0 aliphatic heterocycles. The number of anilines is 1. The number of methoxy groups -OCH3 is 1. The first-order valence-electron chi connectivity index (χ1n) is 7.24. The third-order valence-electron chi connectivity index (χ3n) is 3.19. The maximum atomic E-state index is 12.1. The highest BCUT2D eigenvalue weighted by atomic mass is 16.6. The zero-order chi connectivity index (χ0) is 16.5. The second kappa shape index (κ2) is 8.86. The zero-order valence-corrected chi connectivity index (χ0v) is 13.1. The average Bonchev–Trinajstić information content (AvgIpc) is 2.51. The number of nitrogens with one attached hydrogen (secondary N) is 1. The lowest BCUT2D eigenvalue weighted by Crippen LogP contribution is -2.46. The van der Waals surface area contributed by atoms with Gasteiger partial charge < -0.3 is 14.8 Å². The van der Waals surface area contributed by atoms with Gasteiger partial charge in [0.05, 0.1) is 13.7 Å². The molecule has 0 fully saturated rings. The van der Waals surface area contributed by atoms with E-state index in [-0.39, 0.29) is 6.61 Å². The number of rotatable bonds is 9. The predicted octanol–water partition coefficient (Wildman–Crippen LogP) is 2.48. The molecule has 0 aliphatic rings. The van der Waals surface area contributed by atoms with E-state index in [1.807, 2.05) is 6.92 Å². The summed E-state index contributed by atoms with van der Waals surface area (Å²) in [5.41, 5.74) is 0.599. The van der Waals surface area contributed by atoms with Gasteiger partial charge in [-0.05, 0) is 37.6 Å². The standard InChI is InChI=1S/C15H22N2O5/c1-4-6-13(17(19)20)14(15(18)22-5-2)16-11-7-9-12(21-3)10-8-11/h7-10,13-14,16H,4-6H2,1-3H3. The van der Waals surface area contributed by atoms with E-state index in [4.69, 9.17) is 9.47 Å². The number of nitro groups is 1. The molecule has 22 heavy (non-hydrogen) atoms. The maximum Gasteiger partial charge on any atom is 0.335 e. The average molecular weight is 310 g/mol. The molecule has 1 N–H and O–H groups in total. The third-order valence-corrected chi connectivity index (χ3v) is 3.19. The van der Waals surface area contributed by atoms with Gasteiger partial charge in [0.1, 0.15) is 5.75 Å². The largest absolute Gasteiger partial charge is 0.497 e. The summed E-state index contributed by atoms with van der Waals surface area (Å²) in [7, 11) is 1.55. The van der Waals surface area contributed by atoms with Crippen LogP contribution in [0.4, 0.5) is 5.69 Å². The van der Waals surface area contributed by atoms with Crippen molar-refractivity contribution in [3.63, 3.8) is 0 Å². The van der Waals surface area contributed by atoms with Crippen molar-refractivity contribution in [2.75, 3.05) is 19.0 Å². The van der Waals surface area contributed by atoms with Crippen LogP contribution in [0.2, 0.25) is 0 Å². The van der Waals surface area contributed by atoms with Crippen molar-refractivity contribution in [1.29, 1.82) is 0 Å². The number of benzene rings is 1. The van der Waals surface area contributed by atoms with Gasteiger partial charge in [-0.3, -0.25) is 10.1 Å². The van der Waals surface area contributed by atoms with Crippen LogP contribution in [0, 0.1) is 10.1 Å². The van der Waals surface area contributed by atoms with Crippen molar-refractivity contribution in [1.82, 2.24) is 0 Å². The monoisotopic (exact) mass is 310 g/mol. The Hall–Kier alpha value is -2.31. The van der Waals surface area contributed by atoms with Crippen molar-refractivity contribution in [3.8, 4) is 5.75 Å². The predicted molar refractivity (Wildman–Crippen MR) is 82.7 cm³/mol. The lowest BCUT2D eigenvalue weighted by Gasteiger charge is -2.21. The zero-order valence-electron chi connectivity index (χ0n) is 13.1. The summed E-state index contributed by atoms with van der Waals surface area (Å²) in [5.74, 6) is 0.0473. The highest BCUT2D eigenvalue weighted by Gasteiger charge is 2.37. The van der Waals surface area contributed by atoms with Gasteiger partial charge in [-0.2, -0.15) is 0 Å². The van der Waals surface area contributed by atoms with Gasteiger partial charge in [-0.15, -0.1) is 0 Å². The van der Waals surface area contributed by atoms with Gasteiger partial charge in [0.25, 0.3) is 0 Å². The molecule has 0 aromatic heterocycles. The quantitative estimate of drug-likeness (QED) is 0.428. The Kier molecular flexibility index (Phi) is 7.15. The number of ether oxygens (including phenoxy) is 2. The summed E-state index contributed by atoms with van der Waals surface area (Å²) in [4.78, 5) is 22.9. The molecule has 2 atom stereocenters. The number of carbonyl (C=O) groups excluding carboxylic acids is 1. The summed E-state index contributed by atoms with van der Waals surface area (Å²) >= 11 is 0. The van der Waals surface area contributed by atoms with Crippen molar-refractivity contribution < 1.29 is 19.2 Å². The summed E-state index contributed by atoms with van der Waals surface area (Å²) in [6.45, 7) is 3.69. The molecule has 122 valence electrons. The second-order valence-electron chi connectivity index (χ2n) is 4.74. The van der Waals surface area contributed by atoms with Crippen LogP contribution < -0.4 is 10.1 Å². The summed E-state index contributed by atoms with van der Waals surface area (Å²) in [6.07, 6.45) is 0.894. The van der Waals surface area contributed by atoms with Crippen LogP contribution >= 0.6 is 0 Å². The number of hydrogen-bond donors (Lipinski definition) is 1. The molecular weight excluding hydrogens is 288 g/mol. The Morgan fingerprint density at radius 3 is 2.41 bits per heavy atom. The summed E-state index contributed by atoms with van der Waals surface area (Å²) < 4.78 is 10.0. The van der Waals surface area contributed by atoms with E-state index >= 15 is 0 Å². The minimum atomic E-state index is -1.04. The molecule has 2 unspecified atom stereocenters. The van der Waals surface area contributed by atoms with Crippen molar-refractivity contribution >= 4 is 11.7 Å². The van der Waals surface area contributed by atoms with E-state index in [9.17, 15) is 14.9 Å². The first kappa shape index (κ1) is 17.7. The van der Waals surface area contributed by atoms with Crippen molar-refractivity contribution in [2.24, 2.45) is 0 Å². The van der Waals surface area contributed by atoms with Crippen LogP contribution in [0.5, 0.6) is 5.75 Å². The van der Waals surface area contributed by atoms with Crippen molar-refractivity contribution in [3.05, 3.63) is 34.4 Å². The highest BCUT2D eigenvalue weighted by molar-refractivity contribution is 5.80. The molecule has 0 saturated carbocycles. The molecule has 0 spiro atoms. The lowest BCUT2D eigenvalue weighted by atomic mass is 10.0. The Morgan fingerprint density at radius 1 is 1.32 bits per heavy atom. The van der Waals surface area contributed by atoms with Crippen LogP contribution in [0.1, 0.15) is 26.7 Å². The Bertz CT molecular complexity index is 489. The van der Waals surface area contributed by atoms with Gasteiger partial charge in [0, 0.05) is 17.0 Å². The molecule has 1 aromatic carbocycles. The van der Waals surface area contributed by atoms with Crippen LogP contribution in [0.15, 0.2) is 24.3 Å². The molecule has 0 amide bonds. The SMILES string of the molecule is CCCC(C(Nc1ccc(OC)cc1)C(=O)OCC)[N+](=O)[O-]. The number of hydrogen-bond acceptors (Lipinski definition) is 6. The second-order valence-corrected chi connectivity index (χ2v) is 4.74. The molecular formula is C15H22N2O5. The molecule has 7 heteroatoms. The van der Waals surface area contributed by atoms with Crippen LogP contribution in [0.3, 0.4) is 0 Å². The topological polar surface area (TPSA) is 90.7 Å². The first-order valence-corrected chi connectivity index (χ1v) is 7.24. The van der Waals surface area contributed by atoms with Crippen LogP contribution in [-0.2, 0) is 9.53 Å². The third kappa shape index (κ3) is 4.91. The highest BCUT2D eigenvalue weighted by Crippen LogP contribution is 2.19. The Morgan fingerprint density at radius 2 is 1.95 bits per heavy atom. The fraction of sp³-hybridized carbons (Fsp3) is 0.533. The molecule has 7 nitrogen and oxygen atoms in total. The molecule has 1 aromatic rings. The lowest BCUT2D eigenvalue weighted by molar-refractivity contribution is -0.523. The van der Waals surface area contributed by atoms with Gasteiger partial charge >= 0.3 is 5.97 Å². The molecule has 1 rings (SSSR count). The van der Waals surface area contributed by atoms with Crippen LogP contribution in [0.25, 0.3) is 0 Å². The van der Waals surface area contributed by atoms with E-state index in [1.54, 1.807) is 38.3 Å². The minimum Gasteiger partial charge on any atom is -0.497 e. The molecule has 0 aliphatic carbocycles. The number of esters is 1. The van der Waals surface area contributed by atoms with E-state index in [0.717, 1.165) is 0 Å². The van der Waals surface area contributed by atoms with Gasteiger partial charge in [-0.25, -0.2) is 4.79 Å². The first-order chi connectivity index (χ1) is 10.5. The van der Waals surface area contributed by atoms with Gasteiger partial charge in [0.15, 0.2) is 6.04 Å². The van der Waals surface area contributed by atoms with E-state index < -0.39 is 23.0 Å². The fourth-order valence-corrected chi connectivity index (χ4v) is 2.10. The summed E-state index contributed by atoms with van der Waals surface area (Å²) in [5, 5.41) is 14.2. The van der Waals surface area contributed by atoms with Crippen molar-refractivity contribution in [2.45, 2.75) is 38.8 Å². The molecule has 0 saturated heterocycles. The Labute approximate surface area is 129 Å². The van der Waals surface area contributed by atoms with Gasteiger partial charge in [-0.1, -0.05) is 6.92 Å².